The van der Waals surface area contributed by atoms with E-state index in [-0.39, 0.29) is 34.6 Å². The predicted molar refractivity (Wildman–Crippen MR) is 88.8 cm³/mol. The highest BCUT2D eigenvalue weighted by Crippen LogP contribution is 2.27. The number of nitro groups is 1. The molecule has 0 spiro atoms. The molecule has 0 saturated carbocycles. The van der Waals surface area contributed by atoms with E-state index < -0.39 is 16.7 Å². The van der Waals surface area contributed by atoms with Crippen molar-refractivity contribution in [2.45, 2.75) is 6.54 Å². The second-order valence-corrected chi connectivity index (χ2v) is 5.70. The second kappa shape index (κ2) is 5.59. The Morgan fingerprint density at radius 3 is 2.54 bits per heavy atom. The maximum Gasteiger partial charge on any atom is 0.270 e. The van der Waals surface area contributed by atoms with E-state index >= 15 is 0 Å². The van der Waals surface area contributed by atoms with Gasteiger partial charge in [-0.1, -0.05) is 6.07 Å². The van der Waals surface area contributed by atoms with E-state index in [1.165, 1.54) is 22.6 Å². The van der Waals surface area contributed by atoms with Crippen molar-refractivity contribution >= 4 is 23.1 Å². The van der Waals surface area contributed by atoms with Crippen LogP contribution in [0.25, 0.3) is 5.65 Å². The van der Waals surface area contributed by atoms with Gasteiger partial charge in [-0.2, -0.15) is 0 Å². The van der Waals surface area contributed by atoms with E-state index in [0.717, 1.165) is 11.0 Å². The summed E-state index contributed by atoms with van der Waals surface area (Å²) in [5.41, 5.74) is 0.110. The molecule has 0 atom stereocenters. The summed E-state index contributed by atoms with van der Waals surface area (Å²) in [6.45, 7) is -0.194. The first-order valence-corrected chi connectivity index (χ1v) is 7.57. The van der Waals surface area contributed by atoms with E-state index in [4.69, 9.17) is 0 Å². The molecule has 0 fully saturated rings. The van der Waals surface area contributed by atoms with Gasteiger partial charge in [0.1, 0.15) is 5.65 Å². The Hall–Kier alpha value is -3.88. The summed E-state index contributed by atoms with van der Waals surface area (Å²) in [5.74, 6) is -1.22. The molecule has 1 aromatic carbocycles. The molecule has 9 nitrogen and oxygen atoms in total. The molecule has 0 unspecified atom stereocenters. The fraction of sp³-hybridized carbons (Fsp3) is 0.0588. The van der Waals surface area contributed by atoms with Crippen LogP contribution in [0.15, 0.2) is 53.5 Å². The van der Waals surface area contributed by atoms with Crippen LogP contribution >= 0.6 is 0 Å². The van der Waals surface area contributed by atoms with Crippen molar-refractivity contribution in [1.29, 1.82) is 0 Å². The van der Waals surface area contributed by atoms with E-state index in [1.54, 1.807) is 24.4 Å². The molecule has 128 valence electrons. The first-order valence-electron chi connectivity index (χ1n) is 7.57. The van der Waals surface area contributed by atoms with Gasteiger partial charge in [0.2, 0.25) is 0 Å². The van der Waals surface area contributed by atoms with Gasteiger partial charge >= 0.3 is 0 Å². The number of hydrogen-bond donors (Lipinski definition) is 0. The molecule has 2 amide bonds. The molecule has 0 aliphatic carbocycles. The quantitative estimate of drug-likeness (QED) is 0.401. The molecule has 1 aliphatic heterocycles. The Morgan fingerprint density at radius 1 is 1.00 bits per heavy atom. The number of nitro benzene ring substituents is 1. The lowest BCUT2D eigenvalue weighted by molar-refractivity contribution is -0.384. The molecule has 0 bridgehead atoms. The Labute approximate surface area is 145 Å². The predicted octanol–water partition coefficient (Wildman–Crippen LogP) is 1.40. The van der Waals surface area contributed by atoms with Crippen LogP contribution in [0, 0.1) is 10.1 Å². The Bertz CT molecular complexity index is 1170. The SMILES string of the molecule is O=C1c2ccc([N+](=O)[O-])cc2C(=O)N1Cc1cc(=O)n2ccccc2n1. The first kappa shape index (κ1) is 15.6. The van der Waals surface area contributed by atoms with Crippen molar-refractivity contribution in [2.75, 3.05) is 0 Å². The number of carbonyl (C=O) groups is 2. The van der Waals surface area contributed by atoms with Gasteiger partial charge in [-0.3, -0.25) is 33.8 Å². The lowest BCUT2D eigenvalue weighted by atomic mass is 10.1. The number of pyridine rings is 1. The topological polar surface area (TPSA) is 115 Å². The summed E-state index contributed by atoms with van der Waals surface area (Å²) in [4.78, 5) is 52.6. The molecule has 0 N–H and O–H groups in total. The fourth-order valence-electron chi connectivity index (χ4n) is 2.88. The highest BCUT2D eigenvalue weighted by atomic mass is 16.6. The molecule has 3 aromatic rings. The van der Waals surface area contributed by atoms with Crippen LogP contribution in [0.3, 0.4) is 0 Å². The van der Waals surface area contributed by atoms with Gasteiger partial charge in [0.15, 0.2) is 0 Å². The standard InChI is InChI=1S/C17H10N4O5/c22-15-7-10(18-14-3-1-2-6-19(14)15)9-20-16(23)12-5-4-11(21(25)26)8-13(12)17(20)24/h1-8H,9H2. The lowest BCUT2D eigenvalue weighted by Gasteiger charge is -2.13. The zero-order valence-electron chi connectivity index (χ0n) is 13.2. The molecule has 9 heteroatoms. The number of benzene rings is 1. The van der Waals surface area contributed by atoms with Gasteiger partial charge < -0.3 is 0 Å². The normalized spacial score (nSPS) is 13.3. The van der Waals surface area contributed by atoms with Crippen LogP contribution in [0.1, 0.15) is 26.4 Å². The van der Waals surface area contributed by atoms with E-state index in [1.807, 2.05) is 0 Å². The average Bonchev–Trinajstić information content (AvgIpc) is 2.86. The van der Waals surface area contributed by atoms with Crippen molar-refractivity contribution in [3.05, 3.63) is 86.0 Å². The first-order chi connectivity index (χ1) is 12.5. The smallest absolute Gasteiger partial charge is 0.269 e. The van der Waals surface area contributed by atoms with Crippen LogP contribution in [0.2, 0.25) is 0 Å². The van der Waals surface area contributed by atoms with Crippen LogP contribution in [0.5, 0.6) is 0 Å². The maximum atomic E-state index is 12.5. The molecule has 1 aliphatic rings. The van der Waals surface area contributed by atoms with Crippen LogP contribution in [-0.4, -0.2) is 31.0 Å². The summed E-state index contributed by atoms with van der Waals surface area (Å²) in [6.07, 6.45) is 1.57. The molecular weight excluding hydrogens is 340 g/mol. The lowest BCUT2D eigenvalue weighted by Crippen LogP contribution is -2.30. The van der Waals surface area contributed by atoms with Gasteiger partial charge in [0, 0.05) is 24.4 Å². The summed E-state index contributed by atoms with van der Waals surface area (Å²) in [7, 11) is 0. The highest BCUT2D eigenvalue weighted by molar-refractivity contribution is 6.21. The van der Waals surface area contributed by atoms with Gasteiger partial charge in [-0.05, 0) is 18.2 Å². The van der Waals surface area contributed by atoms with Crippen molar-refractivity contribution in [1.82, 2.24) is 14.3 Å². The number of imide groups is 1. The largest absolute Gasteiger partial charge is 0.270 e. The molecule has 2 aromatic heterocycles. The summed E-state index contributed by atoms with van der Waals surface area (Å²) >= 11 is 0. The molecule has 3 heterocycles. The minimum atomic E-state index is -0.649. The monoisotopic (exact) mass is 350 g/mol. The number of hydrogen-bond acceptors (Lipinski definition) is 6. The van der Waals surface area contributed by atoms with Crippen molar-refractivity contribution in [3.8, 4) is 0 Å². The zero-order chi connectivity index (χ0) is 18.4. The number of carbonyl (C=O) groups excluding carboxylic acids is 2. The Morgan fingerprint density at radius 2 is 1.77 bits per heavy atom. The average molecular weight is 350 g/mol. The Kier molecular flexibility index (Phi) is 3.36. The summed E-state index contributed by atoms with van der Waals surface area (Å²) in [5, 5.41) is 10.9. The minimum absolute atomic E-state index is 0.0262. The Balaban J connectivity index is 1.71. The van der Waals surface area contributed by atoms with Crippen LogP contribution < -0.4 is 5.56 Å². The third-order valence-corrected chi connectivity index (χ3v) is 4.11. The van der Waals surface area contributed by atoms with E-state index in [2.05, 4.69) is 4.98 Å². The van der Waals surface area contributed by atoms with Crippen molar-refractivity contribution in [3.63, 3.8) is 0 Å². The number of aromatic nitrogens is 2. The fourth-order valence-corrected chi connectivity index (χ4v) is 2.88. The van der Waals surface area contributed by atoms with Gasteiger partial charge in [-0.15, -0.1) is 0 Å². The van der Waals surface area contributed by atoms with E-state index in [0.29, 0.717) is 5.65 Å². The summed E-state index contributed by atoms with van der Waals surface area (Å²) in [6, 6.07) is 9.80. The summed E-state index contributed by atoms with van der Waals surface area (Å²) < 4.78 is 1.34. The molecule has 26 heavy (non-hydrogen) atoms. The molecule has 0 radical (unpaired) electrons. The number of fused-ring (bicyclic) bond motifs is 2. The van der Waals surface area contributed by atoms with Gasteiger partial charge in [0.25, 0.3) is 23.1 Å². The molecular formula is C17H10N4O5. The highest BCUT2D eigenvalue weighted by Gasteiger charge is 2.37. The number of nitrogens with zero attached hydrogens (tertiary/aromatic N) is 4. The van der Waals surface area contributed by atoms with E-state index in [9.17, 15) is 24.5 Å². The van der Waals surface area contributed by atoms with Gasteiger partial charge in [0.05, 0.1) is 28.3 Å². The van der Waals surface area contributed by atoms with Crippen LogP contribution in [0.4, 0.5) is 5.69 Å². The maximum absolute atomic E-state index is 12.5. The molecule has 4 rings (SSSR count). The van der Waals surface area contributed by atoms with Crippen molar-refractivity contribution < 1.29 is 14.5 Å². The number of amides is 2. The van der Waals surface area contributed by atoms with Crippen LogP contribution in [-0.2, 0) is 6.54 Å². The third-order valence-electron chi connectivity index (χ3n) is 4.11. The third kappa shape index (κ3) is 2.34. The minimum Gasteiger partial charge on any atom is -0.269 e. The van der Waals surface area contributed by atoms with Crippen molar-refractivity contribution in [2.24, 2.45) is 0 Å². The van der Waals surface area contributed by atoms with Gasteiger partial charge in [-0.25, -0.2) is 4.98 Å². The second-order valence-electron chi connectivity index (χ2n) is 5.70. The zero-order valence-corrected chi connectivity index (χ0v) is 13.2. The number of rotatable bonds is 3. The molecule has 0 saturated heterocycles. The number of non-ortho nitro benzene ring substituents is 1.